The van der Waals surface area contributed by atoms with Crippen LogP contribution in [0.5, 0.6) is 5.75 Å². The molecule has 0 N–H and O–H groups in total. The van der Waals surface area contributed by atoms with Crippen molar-refractivity contribution in [2.24, 2.45) is 0 Å². The molecule has 0 aromatic heterocycles. The molecule has 1 aromatic carbocycles. The Hall–Kier alpha value is -1.26. The minimum Gasteiger partial charge on any atom is -0.492 e. The fraction of sp³-hybridized carbons (Fsp3) is 0.647. The maximum Gasteiger partial charge on any atom is 0.282 e. The number of rotatable bonds is 6. The third kappa shape index (κ3) is 4.92. The Morgan fingerprint density at radius 1 is 1.00 bits per heavy atom. The van der Waals surface area contributed by atoms with Crippen molar-refractivity contribution in [2.45, 2.75) is 0 Å². The van der Waals surface area contributed by atoms with Crippen LogP contribution >= 0.6 is 0 Å². The molecule has 0 amide bonds. The van der Waals surface area contributed by atoms with Gasteiger partial charge in [0.2, 0.25) is 0 Å². The highest BCUT2D eigenvalue weighted by atomic mass is 32.2. The van der Waals surface area contributed by atoms with E-state index in [2.05, 4.69) is 9.80 Å². The highest BCUT2D eigenvalue weighted by molar-refractivity contribution is 7.86. The van der Waals surface area contributed by atoms with Gasteiger partial charge in [-0.2, -0.15) is 17.0 Å². The Bertz CT molecular complexity index is 687. The summed E-state index contributed by atoms with van der Waals surface area (Å²) in [7, 11) is -1.35. The summed E-state index contributed by atoms with van der Waals surface area (Å²) >= 11 is 0. The zero-order valence-electron chi connectivity index (χ0n) is 15.2. The van der Waals surface area contributed by atoms with Crippen LogP contribution in [-0.2, 0) is 10.2 Å². The molecule has 7 nitrogen and oxygen atoms in total. The highest BCUT2D eigenvalue weighted by Crippen LogP contribution is 2.15. The molecule has 3 rings (SSSR count). The van der Waals surface area contributed by atoms with E-state index in [1.165, 1.54) is 12.1 Å². The smallest absolute Gasteiger partial charge is 0.282 e. The lowest BCUT2D eigenvalue weighted by atomic mass is 10.3. The van der Waals surface area contributed by atoms with Gasteiger partial charge in [-0.15, -0.1) is 0 Å². The van der Waals surface area contributed by atoms with Crippen molar-refractivity contribution in [3.8, 4) is 5.75 Å². The molecule has 0 spiro atoms. The predicted octanol–water partition coefficient (Wildman–Crippen LogP) is 0.314. The Morgan fingerprint density at radius 2 is 1.62 bits per heavy atom. The number of hydrogen-bond acceptors (Lipinski definition) is 5. The van der Waals surface area contributed by atoms with Crippen LogP contribution in [0.2, 0.25) is 0 Å². The van der Waals surface area contributed by atoms with Gasteiger partial charge in [-0.05, 0) is 19.2 Å². The van der Waals surface area contributed by atoms with Gasteiger partial charge < -0.3 is 9.64 Å². The number of benzene rings is 1. The average Bonchev–Trinajstić information content (AvgIpc) is 2.63. The van der Waals surface area contributed by atoms with Gasteiger partial charge in [0.05, 0.1) is 0 Å². The summed E-state index contributed by atoms with van der Waals surface area (Å²) in [6.07, 6.45) is 0. The quantitative estimate of drug-likeness (QED) is 0.705. The van der Waals surface area contributed by atoms with Crippen molar-refractivity contribution in [1.29, 1.82) is 0 Å². The summed E-state index contributed by atoms with van der Waals surface area (Å²) in [6.45, 7) is 6.16. The van der Waals surface area contributed by atoms with Crippen LogP contribution in [0.15, 0.2) is 24.3 Å². The maximum absolute atomic E-state index is 13.1. The van der Waals surface area contributed by atoms with Gasteiger partial charge in [0, 0.05) is 65.0 Å². The van der Waals surface area contributed by atoms with E-state index in [4.69, 9.17) is 4.74 Å². The first-order valence-electron chi connectivity index (χ1n) is 8.99. The van der Waals surface area contributed by atoms with Crippen LogP contribution in [-0.4, -0.2) is 99.4 Å². The van der Waals surface area contributed by atoms with Crippen molar-refractivity contribution in [1.82, 2.24) is 18.4 Å². The van der Waals surface area contributed by atoms with E-state index < -0.39 is 10.2 Å². The highest BCUT2D eigenvalue weighted by Gasteiger charge is 2.33. The van der Waals surface area contributed by atoms with Crippen molar-refractivity contribution < 1.29 is 17.5 Å². The third-order valence-corrected chi connectivity index (χ3v) is 6.95. The van der Waals surface area contributed by atoms with Gasteiger partial charge in [0.25, 0.3) is 10.2 Å². The predicted molar refractivity (Wildman–Crippen MR) is 97.9 cm³/mol. The first kappa shape index (κ1) is 19.5. The molecule has 0 saturated carbocycles. The molecule has 0 aliphatic carbocycles. The molecular formula is C17H27FN4O3S. The van der Waals surface area contributed by atoms with Gasteiger partial charge in [-0.1, -0.05) is 6.07 Å². The molecule has 2 fully saturated rings. The van der Waals surface area contributed by atoms with E-state index in [0.717, 1.165) is 13.1 Å². The second-order valence-electron chi connectivity index (χ2n) is 6.76. The molecular weight excluding hydrogens is 359 g/mol. The van der Waals surface area contributed by atoms with Crippen molar-refractivity contribution >= 4 is 10.2 Å². The largest absolute Gasteiger partial charge is 0.492 e. The SMILES string of the molecule is CN1CCN(S(=O)(=O)N2CCN(CCOc3cccc(F)c3)CC2)CC1. The minimum absolute atomic E-state index is 0.315. The zero-order valence-corrected chi connectivity index (χ0v) is 16.0. The van der Waals surface area contributed by atoms with Crippen molar-refractivity contribution in [3.63, 3.8) is 0 Å². The summed E-state index contributed by atoms with van der Waals surface area (Å²) in [5.74, 6) is 0.200. The van der Waals surface area contributed by atoms with Crippen molar-refractivity contribution in [3.05, 3.63) is 30.1 Å². The van der Waals surface area contributed by atoms with Crippen LogP contribution in [0.3, 0.4) is 0 Å². The Morgan fingerprint density at radius 3 is 2.23 bits per heavy atom. The lowest BCUT2D eigenvalue weighted by molar-refractivity contribution is 0.149. The fourth-order valence-corrected chi connectivity index (χ4v) is 4.79. The Balaban J connectivity index is 1.42. The van der Waals surface area contributed by atoms with Crippen LogP contribution in [0.1, 0.15) is 0 Å². The minimum atomic E-state index is -3.36. The first-order valence-corrected chi connectivity index (χ1v) is 10.4. The van der Waals surface area contributed by atoms with E-state index in [9.17, 15) is 12.8 Å². The normalized spacial score (nSPS) is 21.8. The number of nitrogens with zero attached hydrogens (tertiary/aromatic N) is 4. The van der Waals surface area contributed by atoms with Crippen molar-refractivity contribution in [2.75, 3.05) is 72.6 Å². The number of halogens is 1. The molecule has 146 valence electrons. The summed E-state index contributed by atoms with van der Waals surface area (Å²) < 4.78 is 47.3. The second-order valence-corrected chi connectivity index (χ2v) is 8.69. The van der Waals surface area contributed by atoms with E-state index in [1.54, 1.807) is 20.7 Å². The van der Waals surface area contributed by atoms with Gasteiger partial charge in [0.1, 0.15) is 18.2 Å². The lowest BCUT2D eigenvalue weighted by Crippen LogP contribution is -2.56. The lowest BCUT2D eigenvalue weighted by Gasteiger charge is -2.39. The van der Waals surface area contributed by atoms with Gasteiger partial charge in [0.15, 0.2) is 0 Å². The number of piperazine rings is 2. The number of hydrogen-bond donors (Lipinski definition) is 0. The van der Waals surface area contributed by atoms with E-state index in [0.29, 0.717) is 58.2 Å². The van der Waals surface area contributed by atoms with Crippen LogP contribution in [0.4, 0.5) is 4.39 Å². The van der Waals surface area contributed by atoms with Crippen LogP contribution in [0, 0.1) is 5.82 Å². The zero-order chi connectivity index (χ0) is 18.6. The van der Waals surface area contributed by atoms with Gasteiger partial charge in [-0.3, -0.25) is 4.90 Å². The summed E-state index contributed by atoms with van der Waals surface area (Å²) in [5.41, 5.74) is 0. The number of likely N-dealkylation sites (N-methyl/N-ethyl adjacent to an activating group) is 1. The molecule has 0 bridgehead atoms. The van der Waals surface area contributed by atoms with E-state index in [-0.39, 0.29) is 5.82 Å². The second kappa shape index (κ2) is 8.62. The van der Waals surface area contributed by atoms with E-state index in [1.807, 2.05) is 7.05 Å². The standard InChI is InChI=1S/C17H27FN4O3S/c1-19-5-9-21(10-6-19)26(23,24)22-11-7-20(8-12-22)13-14-25-17-4-2-3-16(18)15-17/h2-4,15H,5-14H2,1H3. The van der Waals surface area contributed by atoms with Crippen LogP contribution < -0.4 is 4.74 Å². The molecule has 1 aromatic rings. The fourth-order valence-electron chi connectivity index (χ4n) is 3.22. The molecule has 2 aliphatic heterocycles. The number of ether oxygens (including phenoxy) is 1. The monoisotopic (exact) mass is 386 g/mol. The maximum atomic E-state index is 13.1. The van der Waals surface area contributed by atoms with E-state index >= 15 is 0 Å². The first-order chi connectivity index (χ1) is 12.4. The van der Waals surface area contributed by atoms with Gasteiger partial charge >= 0.3 is 0 Å². The average molecular weight is 386 g/mol. The molecule has 2 heterocycles. The Kier molecular flexibility index (Phi) is 6.46. The molecule has 0 unspecified atom stereocenters. The molecule has 0 radical (unpaired) electrons. The molecule has 9 heteroatoms. The Labute approximate surface area is 155 Å². The topological polar surface area (TPSA) is 56.3 Å². The summed E-state index contributed by atoms with van der Waals surface area (Å²) in [5, 5.41) is 0. The molecule has 2 saturated heterocycles. The molecule has 2 aliphatic rings. The summed E-state index contributed by atoms with van der Waals surface area (Å²) in [4.78, 5) is 4.32. The third-order valence-electron chi connectivity index (χ3n) is 4.92. The van der Waals surface area contributed by atoms with Gasteiger partial charge in [-0.25, -0.2) is 4.39 Å². The summed E-state index contributed by atoms with van der Waals surface area (Å²) in [6, 6.07) is 6.09. The molecule has 26 heavy (non-hydrogen) atoms. The molecule has 0 atom stereocenters. The van der Waals surface area contributed by atoms with Crippen LogP contribution in [0.25, 0.3) is 0 Å².